The Balaban J connectivity index is 3.41. The van der Waals surface area contributed by atoms with Gasteiger partial charge < -0.3 is 0 Å². The summed E-state index contributed by atoms with van der Waals surface area (Å²) in [5.41, 5.74) is 0. The van der Waals surface area contributed by atoms with Gasteiger partial charge in [-0.1, -0.05) is 13.3 Å². The summed E-state index contributed by atoms with van der Waals surface area (Å²) in [4.78, 5) is 0. The minimum Gasteiger partial charge on any atom is -0.211 e. The molecule has 0 radical (unpaired) electrons. The van der Waals surface area contributed by atoms with Crippen LogP contribution in [-0.4, -0.2) is 12.3 Å². The first-order chi connectivity index (χ1) is 5.20. The normalized spacial score (nSPS) is 13.9. The van der Waals surface area contributed by atoms with E-state index in [4.69, 9.17) is 11.6 Å². The Bertz CT molecular complexity index is 86.2. The molecule has 0 fully saturated rings. The summed E-state index contributed by atoms with van der Waals surface area (Å²) < 4.78 is 23.7. The summed E-state index contributed by atoms with van der Waals surface area (Å²) >= 11 is 5.45. The van der Waals surface area contributed by atoms with E-state index in [0.29, 0.717) is 5.88 Å². The van der Waals surface area contributed by atoms with Crippen molar-refractivity contribution in [3.05, 3.63) is 0 Å². The lowest BCUT2D eigenvalue weighted by atomic mass is 9.97. The number of hydrogen-bond donors (Lipinski definition) is 0. The molecule has 11 heavy (non-hydrogen) atoms. The largest absolute Gasteiger partial charge is 0.238 e. The Morgan fingerprint density at radius 3 is 2.36 bits per heavy atom. The van der Waals surface area contributed by atoms with E-state index in [0.717, 1.165) is 19.3 Å². The maximum Gasteiger partial charge on any atom is 0.238 e. The molecule has 0 N–H and O–H groups in total. The van der Waals surface area contributed by atoms with Gasteiger partial charge >= 0.3 is 0 Å². The van der Waals surface area contributed by atoms with Gasteiger partial charge in [-0.15, -0.1) is 11.6 Å². The molecule has 0 aliphatic rings. The van der Waals surface area contributed by atoms with Crippen molar-refractivity contribution >= 4 is 11.6 Å². The average Bonchev–Trinajstić information content (AvgIpc) is 1.97. The molecule has 0 aromatic heterocycles. The molecule has 0 heterocycles. The monoisotopic (exact) mass is 184 g/mol. The van der Waals surface area contributed by atoms with Crippen molar-refractivity contribution in [3.63, 3.8) is 0 Å². The molecule has 68 valence electrons. The van der Waals surface area contributed by atoms with Crippen molar-refractivity contribution in [2.24, 2.45) is 5.92 Å². The van der Waals surface area contributed by atoms with Gasteiger partial charge in [0.1, 0.15) is 0 Å². The standard InChI is InChI=1S/C8H15ClF2/c1-2-7(4-3-5-9)6-8(10)11/h7-8H,2-6H2,1H3. The van der Waals surface area contributed by atoms with Gasteiger partial charge in [0.25, 0.3) is 0 Å². The second kappa shape index (κ2) is 6.84. The van der Waals surface area contributed by atoms with E-state index >= 15 is 0 Å². The van der Waals surface area contributed by atoms with Gasteiger partial charge in [-0.05, 0) is 18.8 Å². The fourth-order valence-corrected chi connectivity index (χ4v) is 1.26. The van der Waals surface area contributed by atoms with Crippen LogP contribution in [0.5, 0.6) is 0 Å². The van der Waals surface area contributed by atoms with Gasteiger partial charge in [-0.3, -0.25) is 0 Å². The lowest BCUT2D eigenvalue weighted by Gasteiger charge is -2.12. The first-order valence-corrected chi connectivity index (χ1v) is 4.58. The van der Waals surface area contributed by atoms with Crippen molar-refractivity contribution in [2.75, 3.05) is 5.88 Å². The summed E-state index contributed by atoms with van der Waals surface area (Å²) in [7, 11) is 0. The maximum absolute atomic E-state index is 11.9. The quantitative estimate of drug-likeness (QED) is 0.553. The van der Waals surface area contributed by atoms with Crippen LogP contribution < -0.4 is 0 Å². The van der Waals surface area contributed by atoms with Gasteiger partial charge in [-0.2, -0.15) is 0 Å². The second-order valence-electron chi connectivity index (χ2n) is 2.73. The minimum atomic E-state index is -2.16. The van der Waals surface area contributed by atoms with Crippen molar-refractivity contribution in [2.45, 2.75) is 39.0 Å². The fourth-order valence-electron chi connectivity index (χ4n) is 1.11. The molecular weight excluding hydrogens is 170 g/mol. The molecule has 0 spiro atoms. The zero-order valence-electron chi connectivity index (χ0n) is 6.82. The summed E-state index contributed by atoms with van der Waals surface area (Å²) in [6.07, 6.45) is 0.404. The number of alkyl halides is 3. The van der Waals surface area contributed by atoms with Crippen LogP contribution in [0.15, 0.2) is 0 Å². The van der Waals surface area contributed by atoms with Crippen LogP contribution in [0, 0.1) is 5.92 Å². The molecule has 0 amide bonds. The summed E-state index contributed by atoms with van der Waals surface area (Å²) in [5, 5.41) is 0. The van der Waals surface area contributed by atoms with Gasteiger partial charge in [0, 0.05) is 12.3 Å². The Kier molecular flexibility index (Phi) is 6.93. The van der Waals surface area contributed by atoms with Crippen LogP contribution in [0.4, 0.5) is 8.78 Å². The van der Waals surface area contributed by atoms with Crippen LogP contribution in [0.3, 0.4) is 0 Å². The predicted molar refractivity (Wildman–Crippen MR) is 44.4 cm³/mol. The van der Waals surface area contributed by atoms with Crippen LogP contribution in [0.1, 0.15) is 32.6 Å². The highest BCUT2D eigenvalue weighted by Crippen LogP contribution is 2.19. The SMILES string of the molecule is CCC(CCCCl)CC(F)F. The highest BCUT2D eigenvalue weighted by molar-refractivity contribution is 6.17. The van der Waals surface area contributed by atoms with E-state index in [1.165, 1.54) is 0 Å². The first kappa shape index (κ1) is 11.2. The topological polar surface area (TPSA) is 0 Å². The third kappa shape index (κ3) is 6.54. The highest BCUT2D eigenvalue weighted by Gasteiger charge is 2.12. The van der Waals surface area contributed by atoms with Crippen LogP contribution >= 0.6 is 11.6 Å². The molecule has 1 atom stereocenters. The molecule has 0 aliphatic heterocycles. The number of hydrogen-bond acceptors (Lipinski definition) is 0. The van der Waals surface area contributed by atoms with Gasteiger partial charge in [0.05, 0.1) is 0 Å². The Morgan fingerprint density at radius 2 is 2.00 bits per heavy atom. The first-order valence-electron chi connectivity index (χ1n) is 4.04. The van der Waals surface area contributed by atoms with E-state index in [1.807, 2.05) is 6.92 Å². The molecule has 0 saturated carbocycles. The van der Waals surface area contributed by atoms with Crippen LogP contribution in [-0.2, 0) is 0 Å². The molecule has 0 aromatic carbocycles. The minimum absolute atomic E-state index is 0.0351. The van der Waals surface area contributed by atoms with Crippen molar-refractivity contribution in [1.82, 2.24) is 0 Å². The Morgan fingerprint density at radius 1 is 1.36 bits per heavy atom. The molecule has 0 saturated heterocycles. The van der Waals surface area contributed by atoms with Crippen molar-refractivity contribution in [1.29, 1.82) is 0 Å². The third-order valence-corrected chi connectivity index (χ3v) is 2.10. The van der Waals surface area contributed by atoms with E-state index in [9.17, 15) is 8.78 Å². The summed E-state index contributed by atoms with van der Waals surface area (Å²) in [5.74, 6) is 0.744. The van der Waals surface area contributed by atoms with Gasteiger partial charge in [-0.25, -0.2) is 8.78 Å². The third-order valence-electron chi connectivity index (χ3n) is 1.83. The van der Waals surface area contributed by atoms with Gasteiger partial charge in [0.15, 0.2) is 0 Å². The van der Waals surface area contributed by atoms with Crippen molar-refractivity contribution in [3.8, 4) is 0 Å². The van der Waals surface area contributed by atoms with E-state index < -0.39 is 6.43 Å². The average molecular weight is 185 g/mol. The summed E-state index contributed by atoms with van der Waals surface area (Å²) in [6, 6.07) is 0. The zero-order chi connectivity index (χ0) is 8.69. The molecule has 0 rings (SSSR count). The summed E-state index contributed by atoms with van der Waals surface area (Å²) in [6.45, 7) is 1.95. The molecule has 1 unspecified atom stereocenters. The van der Waals surface area contributed by atoms with Crippen LogP contribution in [0.2, 0.25) is 0 Å². The van der Waals surface area contributed by atoms with Gasteiger partial charge in [0.2, 0.25) is 6.43 Å². The van der Waals surface area contributed by atoms with E-state index in [1.54, 1.807) is 0 Å². The fraction of sp³-hybridized carbons (Fsp3) is 1.00. The smallest absolute Gasteiger partial charge is 0.211 e. The highest BCUT2D eigenvalue weighted by atomic mass is 35.5. The zero-order valence-corrected chi connectivity index (χ0v) is 7.58. The molecule has 0 nitrogen and oxygen atoms in total. The lowest BCUT2D eigenvalue weighted by Crippen LogP contribution is -2.05. The maximum atomic E-state index is 11.9. The second-order valence-corrected chi connectivity index (χ2v) is 3.11. The molecular formula is C8H15ClF2. The lowest BCUT2D eigenvalue weighted by molar-refractivity contribution is 0.111. The van der Waals surface area contributed by atoms with E-state index in [-0.39, 0.29) is 12.3 Å². The number of halogens is 3. The Labute approximate surface area is 71.9 Å². The molecule has 0 aromatic rings. The van der Waals surface area contributed by atoms with Crippen LogP contribution in [0.25, 0.3) is 0 Å². The Hall–Kier alpha value is 0.150. The number of rotatable bonds is 6. The molecule has 0 bridgehead atoms. The molecule has 3 heteroatoms. The van der Waals surface area contributed by atoms with E-state index in [2.05, 4.69) is 0 Å². The predicted octanol–water partition coefficient (Wildman–Crippen LogP) is 3.69. The molecule has 0 aliphatic carbocycles. The van der Waals surface area contributed by atoms with Crippen molar-refractivity contribution < 1.29 is 8.78 Å².